The van der Waals surface area contributed by atoms with Gasteiger partial charge in [0.05, 0.1) is 19.2 Å². The van der Waals surface area contributed by atoms with E-state index in [1.807, 2.05) is 24.3 Å². The number of carbonyl (C=O) groups excluding carboxylic acids is 2. The van der Waals surface area contributed by atoms with E-state index < -0.39 is 5.54 Å². The standard InChI is InChI=1S/C21H27N3O3/c1-3-27-20(26)12-9-17-7-10-18(11-8-17)23-15-19(25)24(2)21(16-22)13-5-4-6-14-21/h7-12,23H,3-6,13-15H2,1-2H3/b12-9+. The van der Waals surface area contributed by atoms with Crippen molar-refractivity contribution in [1.29, 1.82) is 5.26 Å². The number of esters is 1. The largest absolute Gasteiger partial charge is 0.463 e. The number of nitriles is 1. The second-order valence-corrected chi connectivity index (χ2v) is 6.72. The molecular formula is C21H27N3O3. The number of likely N-dealkylation sites (N-methyl/N-ethyl adjacent to an activating group) is 1. The van der Waals surface area contributed by atoms with Crippen molar-refractivity contribution in [1.82, 2.24) is 4.90 Å². The van der Waals surface area contributed by atoms with Crippen molar-refractivity contribution in [2.75, 3.05) is 25.5 Å². The lowest BCUT2D eigenvalue weighted by atomic mass is 9.81. The van der Waals surface area contributed by atoms with E-state index in [-0.39, 0.29) is 18.4 Å². The number of nitrogens with zero attached hydrogens (tertiary/aromatic N) is 2. The third-order valence-corrected chi connectivity index (χ3v) is 4.96. The molecule has 0 aliphatic heterocycles. The van der Waals surface area contributed by atoms with Crippen LogP contribution in [0.5, 0.6) is 0 Å². The van der Waals surface area contributed by atoms with Gasteiger partial charge in [-0.3, -0.25) is 4.79 Å². The van der Waals surface area contributed by atoms with Crippen LogP contribution in [0.4, 0.5) is 5.69 Å². The molecule has 1 aromatic rings. The van der Waals surface area contributed by atoms with Gasteiger partial charge in [-0.1, -0.05) is 31.4 Å². The Morgan fingerprint density at radius 1 is 1.26 bits per heavy atom. The lowest BCUT2D eigenvalue weighted by Crippen LogP contribution is -2.51. The first-order chi connectivity index (χ1) is 13.0. The molecule has 0 bridgehead atoms. The van der Waals surface area contributed by atoms with E-state index >= 15 is 0 Å². The summed E-state index contributed by atoms with van der Waals surface area (Å²) in [6, 6.07) is 9.76. The van der Waals surface area contributed by atoms with E-state index in [2.05, 4.69) is 11.4 Å². The van der Waals surface area contributed by atoms with Crippen molar-refractivity contribution in [3.05, 3.63) is 35.9 Å². The van der Waals surface area contributed by atoms with Gasteiger partial charge in [-0.05, 0) is 43.5 Å². The highest BCUT2D eigenvalue weighted by Crippen LogP contribution is 2.32. The maximum absolute atomic E-state index is 12.5. The molecule has 27 heavy (non-hydrogen) atoms. The second-order valence-electron chi connectivity index (χ2n) is 6.72. The van der Waals surface area contributed by atoms with Gasteiger partial charge in [0.15, 0.2) is 0 Å². The zero-order valence-corrected chi connectivity index (χ0v) is 16.0. The topological polar surface area (TPSA) is 82.4 Å². The zero-order valence-electron chi connectivity index (χ0n) is 16.0. The maximum Gasteiger partial charge on any atom is 0.330 e. The van der Waals surface area contributed by atoms with Gasteiger partial charge >= 0.3 is 5.97 Å². The molecule has 0 heterocycles. The molecule has 6 heteroatoms. The first kappa shape index (κ1) is 20.5. The number of anilines is 1. The monoisotopic (exact) mass is 369 g/mol. The van der Waals surface area contributed by atoms with Gasteiger partial charge < -0.3 is 15.0 Å². The molecule has 1 fully saturated rings. The van der Waals surface area contributed by atoms with E-state index in [0.717, 1.165) is 43.4 Å². The summed E-state index contributed by atoms with van der Waals surface area (Å²) in [5.41, 5.74) is 1.00. The van der Waals surface area contributed by atoms with Gasteiger partial charge in [-0.15, -0.1) is 0 Å². The van der Waals surface area contributed by atoms with Crippen molar-refractivity contribution in [3.8, 4) is 6.07 Å². The van der Waals surface area contributed by atoms with E-state index in [0.29, 0.717) is 6.61 Å². The Bertz CT molecular complexity index is 713. The normalized spacial score (nSPS) is 15.7. The molecule has 144 valence electrons. The minimum atomic E-state index is -0.668. The van der Waals surface area contributed by atoms with Crippen LogP contribution in [0.15, 0.2) is 30.3 Å². The van der Waals surface area contributed by atoms with Gasteiger partial charge in [0.1, 0.15) is 5.54 Å². The molecule has 0 saturated heterocycles. The highest BCUT2D eigenvalue weighted by molar-refractivity contribution is 5.87. The molecule has 0 atom stereocenters. The van der Waals surface area contributed by atoms with Crippen LogP contribution >= 0.6 is 0 Å². The van der Waals surface area contributed by atoms with E-state index in [1.165, 1.54) is 6.08 Å². The first-order valence-electron chi connectivity index (χ1n) is 9.37. The Labute approximate surface area is 160 Å². The average Bonchev–Trinajstić information content (AvgIpc) is 2.71. The highest BCUT2D eigenvalue weighted by Gasteiger charge is 2.38. The van der Waals surface area contributed by atoms with Crippen LogP contribution in [0.25, 0.3) is 6.08 Å². The lowest BCUT2D eigenvalue weighted by Gasteiger charge is -2.39. The summed E-state index contributed by atoms with van der Waals surface area (Å²) in [6.07, 6.45) is 7.65. The summed E-state index contributed by atoms with van der Waals surface area (Å²) in [6.45, 7) is 2.25. The summed E-state index contributed by atoms with van der Waals surface area (Å²) in [5, 5.41) is 12.7. The fourth-order valence-corrected chi connectivity index (χ4v) is 3.26. The third kappa shape index (κ3) is 5.58. The van der Waals surface area contributed by atoms with Crippen LogP contribution in [-0.2, 0) is 14.3 Å². The number of hydrogen-bond donors (Lipinski definition) is 1. The first-order valence-corrected chi connectivity index (χ1v) is 9.37. The van der Waals surface area contributed by atoms with Crippen LogP contribution in [-0.4, -0.2) is 42.5 Å². The van der Waals surface area contributed by atoms with Crippen LogP contribution in [0.1, 0.15) is 44.6 Å². The van der Waals surface area contributed by atoms with Gasteiger partial charge in [0, 0.05) is 18.8 Å². The summed E-state index contributed by atoms with van der Waals surface area (Å²) in [5.74, 6) is -0.466. The number of nitrogens with one attached hydrogen (secondary N) is 1. The lowest BCUT2D eigenvalue weighted by molar-refractivity contribution is -0.137. The van der Waals surface area contributed by atoms with Gasteiger partial charge in [0.25, 0.3) is 0 Å². The summed E-state index contributed by atoms with van der Waals surface area (Å²) >= 11 is 0. The minimum absolute atomic E-state index is 0.0928. The molecular weight excluding hydrogens is 342 g/mol. The zero-order chi connectivity index (χ0) is 19.7. The molecule has 0 spiro atoms. The predicted octanol–water partition coefficient (Wildman–Crippen LogP) is 3.36. The Hall–Kier alpha value is -2.81. The summed E-state index contributed by atoms with van der Waals surface area (Å²) in [7, 11) is 1.72. The molecule has 0 radical (unpaired) electrons. The third-order valence-electron chi connectivity index (χ3n) is 4.96. The molecule has 6 nitrogen and oxygen atoms in total. The van der Waals surface area contributed by atoms with Gasteiger partial charge in [0.2, 0.25) is 5.91 Å². The molecule has 0 aromatic heterocycles. The summed E-state index contributed by atoms with van der Waals surface area (Å²) in [4.78, 5) is 25.5. The molecule has 1 aromatic carbocycles. The van der Waals surface area contributed by atoms with Crippen molar-refractivity contribution in [2.24, 2.45) is 0 Å². The number of ether oxygens (including phenoxy) is 1. The molecule has 2 rings (SSSR count). The van der Waals surface area contributed by atoms with Crippen molar-refractivity contribution < 1.29 is 14.3 Å². The number of carbonyl (C=O) groups is 2. The number of benzene rings is 1. The molecule has 1 N–H and O–H groups in total. The number of amides is 1. The Balaban J connectivity index is 1.89. The Morgan fingerprint density at radius 3 is 2.52 bits per heavy atom. The van der Waals surface area contributed by atoms with Crippen molar-refractivity contribution >= 4 is 23.6 Å². The summed E-state index contributed by atoms with van der Waals surface area (Å²) < 4.78 is 4.84. The van der Waals surface area contributed by atoms with Crippen LogP contribution in [0, 0.1) is 11.3 Å². The van der Waals surface area contributed by atoms with Crippen molar-refractivity contribution in [3.63, 3.8) is 0 Å². The SMILES string of the molecule is CCOC(=O)/C=C/c1ccc(NCC(=O)N(C)C2(C#N)CCCCC2)cc1. The predicted molar refractivity (Wildman–Crippen MR) is 105 cm³/mol. The van der Waals surface area contributed by atoms with Crippen LogP contribution < -0.4 is 5.32 Å². The molecule has 1 amide bonds. The van der Waals surface area contributed by atoms with Crippen LogP contribution in [0.2, 0.25) is 0 Å². The minimum Gasteiger partial charge on any atom is -0.463 e. The number of rotatable bonds is 7. The van der Waals surface area contributed by atoms with Gasteiger partial charge in [-0.2, -0.15) is 5.26 Å². The van der Waals surface area contributed by atoms with Crippen LogP contribution in [0.3, 0.4) is 0 Å². The smallest absolute Gasteiger partial charge is 0.330 e. The molecule has 0 unspecified atom stereocenters. The highest BCUT2D eigenvalue weighted by atomic mass is 16.5. The quantitative estimate of drug-likeness (QED) is 0.589. The molecule has 1 saturated carbocycles. The van der Waals surface area contributed by atoms with E-state index in [4.69, 9.17) is 4.74 Å². The molecule has 1 aliphatic rings. The second kappa shape index (κ2) is 9.77. The van der Waals surface area contributed by atoms with E-state index in [9.17, 15) is 14.9 Å². The Morgan fingerprint density at radius 2 is 1.93 bits per heavy atom. The fraction of sp³-hybridized carbons (Fsp3) is 0.476. The van der Waals surface area contributed by atoms with Gasteiger partial charge in [-0.25, -0.2) is 4.79 Å². The maximum atomic E-state index is 12.5. The fourth-order valence-electron chi connectivity index (χ4n) is 3.26. The molecule has 1 aliphatic carbocycles. The average molecular weight is 369 g/mol. The van der Waals surface area contributed by atoms with Crippen molar-refractivity contribution in [2.45, 2.75) is 44.6 Å². The Kier molecular flexibility index (Phi) is 7.42. The number of hydrogen-bond acceptors (Lipinski definition) is 5. The van der Waals surface area contributed by atoms with E-state index in [1.54, 1.807) is 24.9 Å².